The second-order valence-corrected chi connectivity index (χ2v) is 7.77. The zero-order valence-corrected chi connectivity index (χ0v) is 17.4. The van der Waals surface area contributed by atoms with Crippen molar-refractivity contribution < 1.29 is 23.8 Å². The number of rotatable bonds is 8. The summed E-state index contributed by atoms with van der Waals surface area (Å²) in [5.74, 6) is 0.0271. The third-order valence-corrected chi connectivity index (χ3v) is 5.41. The number of hydrogen-bond acceptors (Lipinski definition) is 4. The SMILES string of the molecule is CCC1(c2ccc(F)cc2)NC(=O)N(CC(O)COc2ccccc2C(C)C)C1=O. The zero-order chi connectivity index (χ0) is 21.9. The van der Waals surface area contributed by atoms with Gasteiger partial charge in [0.05, 0.1) is 6.54 Å². The van der Waals surface area contributed by atoms with E-state index in [2.05, 4.69) is 5.32 Å². The molecule has 3 rings (SSSR count). The van der Waals surface area contributed by atoms with Crippen LogP contribution in [0.25, 0.3) is 0 Å². The van der Waals surface area contributed by atoms with Crippen molar-refractivity contribution in [2.24, 2.45) is 0 Å². The standard InChI is InChI=1S/C23H27FN2O4/c1-4-23(16-9-11-17(24)12-10-16)21(28)26(22(29)25-23)13-18(27)14-30-20-8-6-5-7-19(20)15(2)3/h5-12,15,18,27H,4,13-14H2,1-3H3,(H,25,29). The van der Waals surface area contributed by atoms with E-state index in [1.54, 1.807) is 6.92 Å². The maximum atomic E-state index is 13.3. The molecule has 0 aliphatic carbocycles. The summed E-state index contributed by atoms with van der Waals surface area (Å²) in [6.07, 6.45) is -0.755. The van der Waals surface area contributed by atoms with E-state index in [4.69, 9.17) is 4.74 Å². The van der Waals surface area contributed by atoms with Crippen LogP contribution >= 0.6 is 0 Å². The molecule has 2 N–H and O–H groups in total. The van der Waals surface area contributed by atoms with Crippen LogP contribution in [0, 0.1) is 5.82 Å². The fourth-order valence-electron chi connectivity index (χ4n) is 3.70. The Kier molecular flexibility index (Phi) is 6.41. The van der Waals surface area contributed by atoms with Crippen molar-refractivity contribution in [3.63, 3.8) is 0 Å². The molecule has 1 aliphatic rings. The van der Waals surface area contributed by atoms with Crippen LogP contribution in [0.2, 0.25) is 0 Å². The minimum atomic E-state index is -1.27. The molecule has 1 aliphatic heterocycles. The number of aliphatic hydroxyl groups excluding tert-OH is 1. The van der Waals surface area contributed by atoms with Crippen LogP contribution in [-0.2, 0) is 10.3 Å². The first-order valence-corrected chi connectivity index (χ1v) is 10.1. The number of halogens is 1. The first-order valence-electron chi connectivity index (χ1n) is 10.1. The third kappa shape index (κ3) is 4.16. The second-order valence-electron chi connectivity index (χ2n) is 7.77. The van der Waals surface area contributed by atoms with E-state index in [1.165, 1.54) is 24.3 Å². The molecule has 0 saturated carbocycles. The van der Waals surface area contributed by atoms with E-state index >= 15 is 0 Å². The van der Waals surface area contributed by atoms with E-state index in [-0.39, 0.29) is 19.1 Å². The molecule has 30 heavy (non-hydrogen) atoms. The summed E-state index contributed by atoms with van der Waals surface area (Å²) in [4.78, 5) is 26.6. The molecule has 2 unspecified atom stereocenters. The number of ether oxygens (including phenoxy) is 1. The van der Waals surface area contributed by atoms with Gasteiger partial charge in [-0.1, -0.05) is 51.1 Å². The molecule has 7 heteroatoms. The van der Waals surface area contributed by atoms with Gasteiger partial charge in [0.15, 0.2) is 0 Å². The van der Waals surface area contributed by atoms with Crippen LogP contribution in [0.5, 0.6) is 5.75 Å². The number of carbonyl (C=O) groups is 2. The maximum absolute atomic E-state index is 13.3. The lowest BCUT2D eigenvalue weighted by molar-refractivity contribution is -0.132. The number of amides is 3. The first kappa shape index (κ1) is 21.8. The van der Waals surface area contributed by atoms with Gasteiger partial charge in [-0.2, -0.15) is 0 Å². The minimum Gasteiger partial charge on any atom is -0.491 e. The first-order chi connectivity index (χ1) is 14.3. The Morgan fingerprint density at radius 1 is 1.13 bits per heavy atom. The molecular weight excluding hydrogens is 387 g/mol. The largest absolute Gasteiger partial charge is 0.491 e. The van der Waals surface area contributed by atoms with Crippen LogP contribution in [0.1, 0.15) is 44.2 Å². The van der Waals surface area contributed by atoms with Crippen molar-refractivity contribution in [1.82, 2.24) is 10.2 Å². The van der Waals surface area contributed by atoms with Crippen molar-refractivity contribution in [2.75, 3.05) is 13.2 Å². The van der Waals surface area contributed by atoms with Gasteiger partial charge < -0.3 is 15.2 Å². The number of imide groups is 1. The van der Waals surface area contributed by atoms with Crippen molar-refractivity contribution in [3.05, 3.63) is 65.5 Å². The molecule has 0 aromatic heterocycles. The Labute approximate surface area is 175 Å². The Morgan fingerprint density at radius 3 is 2.43 bits per heavy atom. The molecule has 0 bridgehead atoms. The highest BCUT2D eigenvalue weighted by molar-refractivity contribution is 6.07. The van der Waals surface area contributed by atoms with Crippen LogP contribution in [-0.4, -0.2) is 41.2 Å². The van der Waals surface area contributed by atoms with E-state index in [9.17, 15) is 19.1 Å². The monoisotopic (exact) mass is 414 g/mol. The number of urea groups is 1. The smallest absolute Gasteiger partial charge is 0.325 e. The lowest BCUT2D eigenvalue weighted by atomic mass is 9.87. The van der Waals surface area contributed by atoms with Crippen molar-refractivity contribution in [2.45, 2.75) is 44.8 Å². The topological polar surface area (TPSA) is 78.9 Å². The predicted molar refractivity (Wildman–Crippen MR) is 111 cm³/mol. The highest BCUT2D eigenvalue weighted by atomic mass is 19.1. The molecular formula is C23H27FN2O4. The van der Waals surface area contributed by atoms with Gasteiger partial charge in [-0.25, -0.2) is 9.18 Å². The van der Waals surface area contributed by atoms with Crippen molar-refractivity contribution in [1.29, 1.82) is 0 Å². The van der Waals surface area contributed by atoms with Gasteiger partial charge in [0.25, 0.3) is 5.91 Å². The predicted octanol–water partition coefficient (Wildman–Crippen LogP) is 3.55. The Hall–Kier alpha value is -2.93. The molecule has 1 fully saturated rings. The highest BCUT2D eigenvalue weighted by Crippen LogP contribution is 2.33. The van der Waals surface area contributed by atoms with Gasteiger partial charge >= 0.3 is 6.03 Å². The van der Waals surface area contributed by atoms with Gasteiger partial charge in [-0.05, 0) is 41.7 Å². The van der Waals surface area contributed by atoms with Gasteiger partial charge in [-0.15, -0.1) is 0 Å². The summed E-state index contributed by atoms with van der Waals surface area (Å²) in [6, 6.07) is 12.5. The molecule has 2 aromatic carbocycles. The molecule has 0 radical (unpaired) electrons. The number of β-amino-alcohol motifs (C(OH)–C–C–N with tert-alkyl or cyclic N) is 1. The second kappa shape index (κ2) is 8.83. The lowest BCUT2D eigenvalue weighted by Gasteiger charge is -2.26. The molecule has 6 nitrogen and oxygen atoms in total. The quantitative estimate of drug-likeness (QED) is 0.648. The molecule has 2 aromatic rings. The maximum Gasteiger partial charge on any atom is 0.325 e. The fourth-order valence-corrected chi connectivity index (χ4v) is 3.70. The van der Waals surface area contributed by atoms with E-state index < -0.39 is 29.4 Å². The summed E-state index contributed by atoms with van der Waals surface area (Å²) in [6.45, 7) is 5.61. The highest BCUT2D eigenvalue weighted by Gasteiger charge is 2.51. The van der Waals surface area contributed by atoms with Gasteiger partial charge in [0.2, 0.25) is 0 Å². The number of aliphatic hydroxyl groups is 1. The van der Waals surface area contributed by atoms with E-state index in [1.807, 2.05) is 38.1 Å². The minimum absolute atomic E-state index is 0.0591. The Bertz CT molecular complexity index is 916. The summed E-state index contributed by atoms with van der Waals surface area (Å²) < 4.78 is 19.1. The van der Waals surface area contributed by atoms with Gasteiger partial charge in [0.1, 0.15) is 29.8 Å². The summed E-state index contributed by atoms with van der Waals surface area (Å²) >= 11 is 0. The van der Waals surface area contributed by atoms with Crippen molar-refractivity contribution in [3.8, 4) is 5.75 Å². The average molecular weight is 414 g/mol. The summed E-state index contributed by atoms with van der Waals surface area (Å²) in [5, 5.41) is 13.2. The Balaban J connectivity index is 1.70. The van der Waals surface area contributed by atoms with E-state index in [0.717, 1.165) is 10.5 Å². The van der Waals surface area contributed by atoms with Crippen LogP contribution in [0.4, 0.5) is 9.18 Å². The molecule has 2 atom stereocenters. The third-order valence-electron chi connectivity index (χ3n) is 5.41. The molecule has 3 amide bonds. The van der Waals surface area contributed by atoms with Crippen LogP contribution in [0.3, 0.4) is 0 Å². The molecule has 0 spiro atoms. The number of benzene rings is 2. The number of hydrogen-bond donors (Lipinski definition) is 2. The number of carbonyl (C=O) groups excluding carboxylic acids is 2. The van der Waals surface area contributed by atoms with Crippen LogP contribution < -0.4 is 10.1 Å². The molecule has 1 heterocycles. The van der Waals surface area contributed by atoms with Gasteiger partial charge in [0, 0.05) is 0 Å². The lowest BCUT2D eigenvalue weighted by Crippen LogP contribution is -2.44. The zero-order valence-electron chi connectivity index (χ0n) is 17.4. The Morgan fingerprint density at radius 2 is 1.80 bits per heavy atom. The average Bonchev–Trinajstić information content (AvgIpc) is 2.98. The van der Waals surface area contributed by atoms with Gasteiger partial charge in [-0.3, -0.25) is 9.69 Å². The number of nitrogens with one attached hydrogen (secondary N) is 1. The van der Waals surface area contributed by atoms with E-state index in [0.29, 0.717) is 17.7 Å². The fraction of sp³-hybridized carbons (Fsp3) is 0.391. The number of para-hydroxylation sites is 1. The summed E-state index contributed by atoms with van der Waals surface area (Å²) in [5.41, 5.74) is 0.250. The number of nitrogens with zero attached hydrogens (tertiary/aromatic N) is 1. The van der Waals surface area contributed by atoms with Crippen LogP contribution in [0.15, 0.2) is 48.5 Å². The normalized spacial score (nSPS) is 19.9. The van der Waals surface area contributed by atoms with Crippen molar-refractivity contribution >= 4 is 11.9 Å². The molecule has 1 saturated heterocycles. The molecule has 160 valence electrons. The summed E-state index contributed by atoms with van der Waals surface area (Å²) in [7, 11) is 0.